The highest BCUT2D eigenvalue weighted by Crippen LogP contribution is 2.29. The molecule has 1 fully saturated rings. The van der Waals surface area contributed by atoms with Gasteiger partial charge in [0.25, 0.3) is 5.91 Å². The Balaban J connectivity index is 1.67. The molecule has 2 amide bonds. The molecule has 182 valence electrons. The highest BCUT2D eigenvalue weighted by Gasteiger charge is 2.28. The maximum Gasteiger partial charge on any atom is 0.254 e. The zero-order valence-electron chi connectivity index (χ0n) is 20.0. The number of ether oxygens (including phenoxy) is 3. The highest BCUT2D eigenvalue weighted by atomic mass is 16.5. The molecular weight excluding hydrogens is 434 g/mol. The van der Waals surface area contributed by atoms with Gasteiger partial charge >= 0.3 is 0 Å². The lowest BCUT2D eigenvalue weighted by atomic mass is 10.0. The summed E-state index contributed by atoms with van der Waals surface area (Å²) in [6.07, 6.45) is 0.597. The Kier molecular flexibility index (Phi) is 7.70. The largest absolute Gasteiger partial charge is 0.493 e. The van der Waals surface area contributed by atoms with Crippen molar-refractivity contribution in [2.24, 2.45) is 5.92 Å². The van der Waals surface area contributed by atoms with Crippen LogP contribution in [0.15, 0.2) is 42.5 Å². The van der Waals surface area contributed by atoms with Crippen LogP contribution in [0, 0.1) is 5.92 Å². The molecule has 0 spiro atoms. The fourth-order valence-electron chi connectivity index (χ4n) is 4.07. The third-order valence-electron chi connectivity index (χ3n) is 5.81. The number of likely N-dealkylation sites (N-methyl/N-ethyl adjacent to an activating group) is 1. The Morgan fingerprint density at radius 3 is 2.82 bits per heavy atom. The molecule has 8 nitrogen and oxygen atoms in total. The fraction of sp³-hybridized carbons (Fsp3) is 0.462. The molecule has 4 rings (SSSR count). The molecule has 0 aromatic heterocycles. The van der Waals surface area contributed by atoms with Crippen LogP contribution in [-0.2, 0) is 16.1 Å². The van der Waals surface area contributed by atoms with Crippen LogP contribution in [0.25, 0.3) is 0 Å². The van der Waals surface area contributed by atoms with Gasteiger partial charge in [0.2, 0.25) is 5.91 Å². The third-order valence-corrected chi connectivity index (χ3v) is 5.81. The van der Waals surface area contributed by atoms with E-state index in [1.165, 1.54) is 4.90 Å². The summed E-state index contributed by atoms with van der Waals surface area (Å²) in [7, 11) is 1.62. The molecule has 2 atom stereocenters. The van der Waals surface area contributed by atoms with Gasteiger partial charge in [-0.25, -0.2) is 0 Å². The predicted molar refractivity (Wildman–Crippen MR) is 128 cm³/mol. The smallest absolute Gasteiger partial charge is 0.254 e. The summed E-state index contributed by atoms with van der Waals surface area (Å²) in [6.45, 7) is 6.43. The molecule has 2 N–H and O–H groups in total. The maximum atomic E-state index is 13.2. The van der Waals surface area contributed by atoms with Gasteiger partial charge in [-0.2, -0.15) is 0 Å². The minimum atomic E-state index is -0.283. The van der Waals surface area contributed by atoms with Crippen LogP contribution in [-0.4, -0.2) is 62.1 Å². The number of benzene rings is 2. The Morgan fingerprint density at radius 1 is 1.15 bits per heavy atom. The number of piperidine rings is 1. The van der Waals surface area contributed by atoms with Crippen molar-refractivity contribution >= 4 is 11.8 Å². The average Bonchev–Trinajstić information content (AvgIpc) is 2.81. The van der Waals surface area contributed by atoms with Crippen molar-refractivity contribution in [3.8, 4) is 17.2 Å². The van der Waals surface area contributed by atoms with Gasteiger partial charge in [0.1, 0.15) is 17.2 Å². The quantitative estimate of drug-likeness (QED) is 0.722. The van der Waals surface area contributed by atoms with Gasteiger partial charge in [0.05, 0.1) is 31.9 Å². The van der Waals surface area contributed by atoms with Gasteiger partial charge in [-0.3, -0.25) is 9.59 Å². The summed E-state index contributed by atoms with van der Waals surface area (Å²) in [5.41, 5.74) is 1.36. The van der Waals surface area contributed by atoms with Crippen LogP contribution >= 0.6 is 0 Å². The van der Waals surface area contributed by atoms with Crippen molar-refractivity contribution in [2.45, 2.75) is 39.0 Å². The van der Waals surface area contributed by atoms with Crippen molar-refractivity contribution in [1.82, 2.24) is 15.5 Å². The summed E-state index contributed by atoms with van der Waals surface area (Å²) in [6, 6.07) is 12.7. The van der Waals surface area contributed by atoms with Crippen molar-refractivity contribution < 1.29 is 23.8 Å². The molecule has 2 aromatic carbocycles. The minimum Gasteiger partial charge on any atom is -0.493 e. The first-order valence-corrected chi connectivity index (χ1v) is 11.8. The second-order valence-corrected chi connectivity index (χ2v) is 9.32. The fourth-order valence-corrected chi connectivity index (χ4v) is 4.07. The van der Waals surface area contributed by atoms with Crippen molar-refractivity contribution in [1.29, 1.82) is 0 Å². The van der Waals surface area contributed by atoms with Crippen LogP contribution in [0.5, 0.6) is 17.2 Å². The van der Waals surface area contributed by atoms with Gasteiger partial charge in [0, 0.05) is 25.2 Å². The lowest BCUT2D eigenvalue weighted by Crippen LogP contribution is -2.55. The van der Waals surface area contributed by atoms with Gasteiger partial charge in [0.15, 0.2) is 0 Å². The highest BCUT2D eigenvalue weighted by molar-refractivity contribution is 5.97. The number of rotatable bonds is 3. The van der Waals surface area contributed by atoms with Crippen LogP contribution < -0.4 is 20.1 Å². The van der Waals surface area contributed by atoms with Crippen molar-refractivity contribution in [2.75, 3.05) is 33.3 Å². The number of nitrogens with one attached hydrogen (secondary N) is 2. The van der Waals surface area contributed by atoms with E-state index >= 15 is 0 Å². The maximum absolute atomic E-state index is 13.2. The number of hydrogen-bond donors (Lipinski definition) is 2. The Hall–Kier alpha value is -3.10. The molecule has 0 radical (unpaired) electrons. The molecule has 8 heteroatoms. The number of fused-ring (bicyclic) bond motifs is 5. The zero-order valence-corrected chi connectivity index (χ0v) is 20.0. The van der Waals surface area contributed by atoms with E-state index in [0.717, 1.165) is 18.5 Å². The molecular formula is C26H33N3O5. The first-order chi connectivity index (χ1) is 16.4. The van der Waals surface area contributed by atoms with E-state index in [1.807, 2.05) is 24.3 Å². The molecule has 0 saturated carbocycles. The summed E-state index contributed by atoms with van der Waals surface area (Å²) >= 11 is 0. The van der Waals surface area contributed by atoms with Crippen LogP contribution in [0.4, 0.5) is 0 Å². The molecule has 2 aliphatic heterocycles. The van der Waals surface area contributed by atoms with Gasteiger partial charge in [-0.05, 0) is 48.7 Å². The number of amides is 2. The van der Waals surface area contributed by atoms with Gasteiger partial charge in [-0.15, -0.1) is 0 Å². The Labute approximate surface area is 200 Å². The lowest BCUT2D eigenvalue weighted by molar-refractivity contribution is -0.124. The van der Waals surface area contributed by atoms with E-state index in [1.54, 1.807) is 25.2 Å². The van der Waals surface area contributed by atoms with E-state index in [0.29, 0.717) is 48.5 Å². The summed E-state index contributed by atoms with van der Waals surface area (Å²) in [4.78, 5) is 27.4. The van der Waals surface area contributed by atoms with E-state index in [9.17, 15) is 9.59 Å². The SMILES string of the molecule is CC(C)COc1cc2cc(c1)C(=O)N(C)CC(=O)N[C@H]1CCNC[C@@H]1OCc1cccc(c1)O2. The lowest BCUT2D eigenvalue weighted by Gasteiger charge is -2.33. The topological polar surface area (TPSA) is 89.1 Å². The summed E-state index contributed by atoms with van der Waals surface area (Å²) < 4.78 is 18.2. The zero-order chi connectivity index (χ0) is 24.1. The standard InChI is InChI=1S/C26H33N3O5/c1-17(2)15-32-21-10-19-11-22(12-21)34-20-6-4-5-18(9-20)16-33-24-13-27-8-7-23(24)28-25(30)14-29(3)26(19)31/h4-6,9-12,17,23-24,27H,7-8,13-16H2,1-3H3,(H,28,30)/t23-,24-/m0/s1. The molecule has 1 saturated heterocycles. The number of carbonyl (C=O) groups is 2. The van der Waals surface area contributed by atoms with E-state index in [4.69, 9.17) is 14.2 Å². The molecule has 0 aliphatic carbocycles. The van der Waals surface area contributed by atoms with Crippen LogP contribution in [0.3, 0.4) is 0 Å². The summed E-state index contributed by atoms with van der Waals surface area (Å²) in [5, 5.41) is 6.39. The molecule has 4 bridgehead atoms. The first-order valence-electron chi connectivity index (χ1n) is 11.8. The number of hydrogen-bond acceptors (Lipinski definition) is 6. The summed E-state index contributed by atoms with van der Waals surface area (Å²) in [5.74, 6) is 1.52. The molecule has 2 aliphatic rings. The Bertz CT molecular complexity index is 1030. The minimum absolute atomic E-state index is 0.0538. The molecule has 34 heavy (non-hydrogen) atoms. The third kappa shape index (κ3) is 6.27. The number of nitrogens with zero attached hydrogens (tertiary/aromatic N) is 1. The van der Waals surface area contributed by atoms with E-state index in [2.05, 4.69) is 24.5 Å². The predicted octanol–water partition coefficient (Wildman–Crippen LogP) is 2.96. The van der Waals surface area contributed by atoms with E-state index in [-0.39, 0.29) is 30.5 Å². The van der Waals surface area contributed by atoms with Crippen molar-refractivity contribution in [3.63, 3.8) is 0 Å². The molecule has 2 aromatic rings. The second-order valence-electron chi connectivity index (χ2n) is 9.32. The normalized spacial score (nSPS) is 21.5. The van der Waals surface area contributed by atoms with E-state index < -0.39 is 0 Å². The number of carbonyl (C=O) groups excluding carboxylic acids is 2. The van der Waals surface area contributed by atoms with Crippen molar-refractivity contribution in [3.05, 3.63) is 53.6 Å². The Morgan fingerprint density at radius 2 is 2.00 bits per heavy atom. The van der Waals surface area contributed by atoms with Gasteiger partial charge < -0.3 is 29.7 Å². The first kappa shape index (κ1) is 24.0. The molecule has 0 unspecified atom stereocenters. The van der Waals surface area contributed by atoms with Gasteiger partial charge in [-0.1, -0.05) is 26.0 Å². The second kappa shape index (κ2) is 10.9. The van der Waals surface area contributed by atoms with Crippen LogP contribution in [0.1, 0.15) is 36.2 Å². The average molecular weight is 468 g/mol. The molecule has 2 heterocycles. The van der Waals surface area contributed by atoms with Crippen LogP contribution in [0.2, 0.25) is 0 Å². The monoisotopic (exact) mass is 467 g/mol.